The summed E-state index contributed by atoms with van der Waals surface area (Å²) >= 11 is 0. The van der Waals surface area contributed by atoms with Crippen LogP contribution >= 0.6 is 0 Å². The van der Waals surface area contributed by atoms with E-state index in [9.17, 15) is 0 Å². The minimum atomic E-state index is 0.315. The maximum absolute atomic E-state index is 5.80. The van der Waals surface area contributed by atoms with E-state index in [0.29, 0.717) is 5.41 Å². The SMILES string of the molecule is CCCC1CCCN(CCC(C)(C)CN)CC1. The van der Waals surface area contributed by atoms with Gasteiger partial charge in [-0.05, 0) is 63.2 Å². The molecule has 17 heavy (non-hydrogen) atoms. The molecule has 2 N–H and O–H groups in total. The van der Waals surface area contributed by atoms with Crippen LogP contribution in [0, 0.1) is 11.3 Å². The third-order valence-corrected chi connectivity index (χ3v) is 4.29. The molecule has 0 saturated carbocycles. The molecule has 0 spiro atoms. The van der Waals surface area contributed by atoms with Crippen molar-refractivity contribution in [3.63, 3.8) is 0 Å². The molecule has 0 aromatic rings. The molecule has 0 radical (unpaired) electrons. The maximum atomic E-state index is 5.80. The first-order valence-corrected chi connectivity index (χ1v) is 7.50. The highest BCUT2D eigenvalue weighted by Gasteiger charge is 2.20. The fourth-order valence-electron chi connectivity index (χ4n) is 2.71. The minimum Gasteiger partial charge on any atom is -0.330 e. The van der Waals surface area contributed by atoms with Crippen LogP contribution < -0.4 is 5.73 Å². The van der Waals surface area contributed by atoms with Crippen LogP contribution in [0.15, 0.2) is 0 Å². The molecule has 0 aromatic heterocycles. The van der Waals surface area contributed by atoms with Crippen molar-refractivity contribution in [1.82, 2.24) is 4.90 Å². The summed E-state index contributed by atoms with van der Waals surface area (Å²) in [7, 11) is 0. The zero-order valence-corrected chi connectivity index (χ0v) is 12.2. The van der Waals surface area contributed by atoms with Gasteiger partial charge >= 0.3 is 0 Å². The first-order chi connectivity index (χ1) is 8.07. The molecule has 2 nitrogen and oxygen atoms in total. The zero-order chi connectivity index (χ0) is 12.7. The lowest BCUT2D eigenvalue weighted by Gasteiger charge is -2.27. The highest BCUT2D eigenvalue weighted by atomic mass is 15.1. The molecule has 1 unspecified atom stereocenters. The van der Waals surface area contributed by atoms with Crippen LogP contribution in [0.4, 0.5) is 0 Å². The molecule has 102 valence electrons. The van der Waals surface area contributed by atoms with Gasteiger partial charge in [0.05, 0.1) is 0 Å². The summed E-state index contributed by atoms with van der Waals surface area (Å²) in [6, 6.07) is 0. The van der Waals surface area contributed by atoms with Crippen molar-refractivity contribution >= 4 is 0 Å². The molecular formula is C15H32N2. The average molecular weight is 240 g/mol. The van der Waals surface area contributed by atoms with E-state index in [1.165, 1.54) is 58.2 Å². The Kier molecular flexibility index (Phi) is 6.50. The van der Waals surface area contributed by atoms with E-state index in [4.69, 9.17) is 5.73 Å². The topological polar surface area (TPSA) is 29.3 Å². The highest BCUT2D eigenvalue weighted by molar-refractivity contribution is 4.74. The molecule has 1 heterocycles. The summed E-state index contributed by atoms with van der Waals surface area (Å²) in [5.74, 6) is 0.993. The fraction of sp³-hybridized carbons (Fsp3) is 1.00. The molecule has 0 amide bonds. The minimum absolute atomic E-state index is 0.315. The molecule has 1 aliphatic heterocycles. The Morgan fingerprint density at radius 2 is 2.00 bits per heavy atom. The van der Waals surface area contributed by atoms with Crippen LogP contribution in [-0.4, -0.2) is 31.1 Å². The van der Waals surface area contributed by atoms with E-state index in [2.05, 4.69) is 25.7 Å². The van der Waals surface area contributed by atoms with E-state index in [-0.39, 0.29) is 0 Å². The number of rotatable bonds is 6. The van der Waals surface area contributed by atoms with E-state index < -0.39 is 0 Å². The summed E-state index contributed by atoms with van der Waals surface area (Å²) in [6.07, 6.45) is 8.28. The Morgan fingerprint density at radius 3 is 2.65 bits per heavy atom. The van der Waals surface area contributed by atoms with Gasteiger partial charge in [0, 0.05) is 0 Å². The zero-order valence-electron chi connectivity index (χ0n) is 12.2. The molecule has 0 aromatic carbocycles. The fourth-order valence-corrected chi connectivity index (χ4v) is 2.71. The number of hydrogen-bond acceptors (Lipinski definition) is 2. The Balaban J connectivity index is 2.27. The molecule has 0 aliphatic carbocycles. The second-order valence-corrected chi connectivity index (χ2v) is 6.55. The molecule has 1 aliphatic rings. The van der Waals surface area contributed by atoms with Crippen molar-refractivity contribution < 1.29 is 0 Å². The van der Waals surface area contributed by atoms with E-state index in [1.807, 2.05) is 0 Å². The molecule has 1 rings (SSSR count). The molecule has 1 atom stereocenters. The Morgan fingerprint density at radius 1 is 1.24 bits per heavy atom. The van der Waals surface area contributed by atoms with Gasteiger partial charge in [-0.1, -0.05) is 33.6 Å². The predicted molar refractivity (Wildman–Crippen MR) is 76.1 cm³/mol. The summed E-state index contributed by atoms with van der Waals surface area (Å²) in [4.78, 5) is 2.66. The third kappa shape index (κ3) is 5.87. The normalized spacial score (nSPS) is 23.6. The number of nitrogens with zero attached hydrogens (tertiary/aromatic N) is 1. The molecule has 1 saturated heterocycles. The predicted octanol–water partition coefficient (Wildman–Crippen LogP) is 3.26. The molecule has 0 bridgehead atoms. The van der Waals surface area contributed by atoms with Gasteiger partial charge in [-0.25, -0.2) is 0 Å². The van der Waals surface area contributed by atoms with Crippen LogP contribution in [0.1, 0.15) is 59.3 Å². The standard InChI is InChI=1S/C15H32N2/c1-4-6-14-7-5-10-17(11-8-14)12-9-15(2,3)13-16/h14H,4-13,16H2,1-3H3. The Labute approximate surface area is 108 Å². The number of hydrogen-bond donors (Lipinski definition) is 1. The maximum Gasteiger partial charge on any atom is -0.00132 e. The largest absolute Gasteiger partial charge is 0.330 e. The first-order valence-electron chi connectivity index (χ1n) is 7.50. The van der Waals surface area contributed by atoms with Crippen molar-refractivity contribution in [2.45, 2.75) is 59.3 Å². The molecular weight excluding hydrogens is 208 g/mol. The van der Waals surface area contributed by atoms with Crippen LogP contribution in [0.5, 0.6) is 0 Å². The third-order valence-electron chi connectivity index (χ3n) is 4.29. The van der Waals surface area contributed by atoms with E-state index in [1.54, 1.807) is 0 Å². The van der Waals surface area contributed by atoms with Gasteiger partial charge in [-0.2, -0.15) is 0 Å². The van der Waals surface area contributed by atoms with Gasteiger partial charge in [0.2, 0.25) is 0 Å². The van der Waals surface area contributed by atoms with E-state index in [0.717, 1.165) is 12.5 Å². The summed E-state index contributed by atoms with van der Waals surface area (Å²) < 4.78 is 0. The lowest BCUT2D eigenvalue weighted by molar-refractivity contribution is 0.224. The number of nitrogens with two attached hydrogens (primary N) is 1. The Hall–Kier alpha value is -0.0800. The van der Waals surface area contributed by atoms with Gasteiger partial charge in [-0.3, -0.25) is 0 Å². The first kappa shape index (κ1) is 15.0. The monoisotopic (exact) mass is 240 g/mol. The molecule has 1 fully saturated rings. The van der Waals surface area contributed by atoms with Gasteiger partial charge in [0.25, 0.3) is 0 Å². The summed E-state index contributed by atoms with van der Waals surface area (Å²) in [6.45, 7) is 11.5. The second kappa shape index (κ2) is 7.38. The van der Waals surface area contributed by atoms with Crippen molar-refractivity contribution in [2.75, 3.05) is 26.2 Å². The Bertz CT molecular complexity index is 201. The van der Waals surface area contributed by atoms with Crippen LogP contribution in [0.25, 0.3) is 0 Å². The highest BCUT2D eigenvalue weighted by Crippen LogP contribution is 2.24. The van der Waals surface area contributed by atoms with Crippen molar-refractivity contribution in [3.8, 4) is 0 Å². The number of likely N-dealkylation sites (tertiary alicyclic amines) is 1. The molecule has 2 heteroatoms. The van der Waals surface area contributed by atoms with Crippen LogP contribution in [0.3, 0.4) is 0 Å². The second-order valence-electron chi connectivity index (χ2n) is 6.55. The van der Waals surface area contributed by atoms with Crippen molar-refractivity contribution in [1.29, 1.82) is 0 Å². The lowest BCUT2D eigenvalue weighted by Crippen LogP contribution is -2.32. The summed E-state index contributed by atoms with van der Waals surface area (Å²) in [5.41, 5.74) is 6.11. The van der Waals surface area contributed by atoms with E-state index >= 15 is 0 Å². The van der Waals surface area contributed by atoms with Crippen LogP contribution in [0.2, 0.25) is 0 Å². The van der Waals surface area contributed by atoms with Crippen molar-refractivity contribution in [3.05, 3.63) is 0 Å². The van der Waals surface area contributed by atoms with Gasteiger partial charge < -0.3 is 10.6 Å². The average Bonchev–Trinajstić information content (AvgIpc) is 2.53. The lowest BCUT2D eigenvalue weighted by atomic mass is 9.89. The quantitative estimate of drug-likeness (QED) is 0.772. The van der Waals surface area contributed by atoms with Crippen LogP contribution in [-0.2, 0) is 0 Å². The smallest absolute Gasteiger partial charge is 0.00132 e. The van der Waals surface area contributed by atoms with Gasteiger partial charge in [0.1, 0.15) is 0 Å². The summed E-state index contributed by atoms with van der Waals surface area (Å²) in [5, 5.41) is 0. The van der Waals surface area contributed by atoms with Crippen molar-refractivity contribution in [2.24, 2.45) is 17.1 Å². The van der Waals surface area contributed by atoms with Gasteiger partial charge in [-0.15, -0.1) is 0 Å². The van der Waals surface area contributed by atoms with Gasteiger partial charge in [0.15, 0.2) is 0 Å².